The highest BCUT2D eigenvalue weighted by molar-refractivity contribution is 5.49. The zero-order valence-electron chi connectivity index (χ0n) is 18.7. The zero-order chi connectivity index (χ0) is 22.7. The lowest BCUT2D eigenvalue weighted by molar-refractivity contribution is 0.414. The molecule has 2 aromatic carbocycles. The molecule has 0 aliphatic carbocycles. The summed E-state index contributed by atoms with van der Waals surface area (Å²) in [7, 11) is 3.31. The molecule has 0 saturated heterocycles. The fourth-order valence-corrected chi connectivity index (χ4v) is 3.54. The van der Waals surface area contributed by atoms with Crippen molar-refractivity contribution in [1.29, 1.82) is 0 Å². The van der Waals surface area contributed by atoms with Crippen LogP contribution in [0.2, 0.25) is 0 Å². The number of ether oxygens (including phenoxy) is 2. The van der Waals surface area contributed by atoms with Crippen molar-refractivity contribution >= 4 is 11.6 Å². The Morgan fingerprint density at radius 2 is 1.44 bits per heavy atom. The fraction of sp³-hybridized carbons (Fsp3) is 0.292. The number of anilines is 1. The molecule has 0 saturated carbocycles. The summed E-state index contributed by atoms with van der Waals surface area (Å²) >= 11 is 0. The number of nitrogens with zero attached hydrogens (tertiary/aromatic N) is 4. The van der Waals surface area contributed by atoms with Crippen molar-refractivity contribution in [2.75, 3.05) is 19.1 Å². The van der Waals surface area contributed by atoms with Gasteiger partial charge in [-0.05, 0) is 41.3 Å². The van der Waals surface area contributed by atoms with Gasteiger partial charge < -0.3 is 14.4 Å². The molecule has 4 rings (SSSR count). The number of H-pyrrole nitrogens is 1. The van der Waals surface area contributed by atoms with Crippen LogP contribution in [0.15, 0.2) is 59.4 Å². The third-order valence-electron chi connectivity index (χ3n) is 5.32. The molecular weight excluding hydrogens is 406 g/mol. The van der Waals surface area contributed by atoms with E-state index in [2.05, 4.69) is 33.8 Å². The number of methoxy groups -OCH3 is 2. The molecule has 32 heavy (non-hydrogen) atoms. The summed E-state index contributed by atoms with van der Waals surface area (Å²) in [6.07, 6.45) is 0. The first kappa shape index (κ1) is 21.4. The highest BCUT2D eigenvalue weighted by Gasteiger charge is 2.17. The van der Waals surface area contributed by atoms with Crippen LogP contribution in [0.3, 0.4) is 0 Å². The summed E-state index contributed by atoms with van der Waals surface area (Å²) in [6, 6.07) is 18.0. The third kappa shape index (κ3) is 4.59. The predicted octanol–water partition coefficient (Wildman–Crippen LogP) is 3.77. The van der Waals surface area contributed by atoms with Gasteiger partial charge in [-0.2, -0.15) is 4.98 Å². The van der Waals surface area contributed by atoms with Gasteiger partial charge in [-0.1, -0.05) is 38.1 Å². The van der Waals surface area contributed by atoms with Gasteiger partial charge in [0, 0.05) is 19.2 Å². The Balaban J connectivity index is 1.79. The number of hydrogen-bond acceptors (Lipinski definition) is 6. The standard InChI is InChI=1S/C24H27N5O3/c1-16(2)21-13-22(29-23(25-21)26-24(30)27-29)28(14-17-5-9-19(31-3)10-6-17)15-18-7-11-20(32-4)12-8-18/h5-13,16H,14-15H2,1-4H3,(H,27,30). The van der Waals surface area contributed by atoms with E-state index in [0.29, 0.717) is 18.9 Å². The minimum absolute atomic E-state index is 0.189. The second kappa shape index (κ2) is 9.13. The molecule has 0 radical (unpaired) electrons. The number of aromatic nitrogens is 4. The van der Waals surface area contributed by atoms with E-state index < -0.39 is 5.69 Å². The first-order valence-corrected chi connectivity index (χ1v) is 10.5. The first-order chi connectivity index (χ1) is 15.5. The topological polar surface area (TPSA) is 84.8 Å². The lowest BCUT2D eigenvalue weighted by atomic mass is 10.1. The maximum atomic E-state index is 12.0. The lowest BCUT2D eigenvalue weighted by Gasteiger charge is -2.26. The molecule has 0 aliphatic rings. The molecule has 0 amide bonds. The SMILES string of the molecule is COc1ccc(CN(Cc2ccc(OC)cc2)c2cc(C(C)C)nc3nc(=O)[nH]n23)cc1. The first-order valence-electron chi connectivity index (χ1n) is 10.5. The van der Waals surface area contributed by atoms with Gasteiger partial charge in [0.25, 0.3) is 5.78 Å². The number of nitrogens with one attached hydrogen (secondary N) is 1. The molecule has 8 nitrogen and oxygen atoms in total. The molecule has 8 heteroatoms. The Bertz CT molecular complexity index is 1190. The van der Waals surface area contributed by atoms with Gasteiger partial charge in [0.1, 0.15) is 17.3 Å². The minimum Gasteiger partial charge on any atom is -0.497 e. The smallest absolute Gasteiger partial charge is 0.363 e. The van der Waals surface area contributed by atoms with Crippen LogP contribution in [-0.4, -0.2) is 33.8 Å². The van der Waals surface area contributed by atoms with E-state index in [1.807, 2.05) is 54.6 Å². The molecule has 0 spiro atoms. The van der Waals surface area contributed by atoms with E-state index in [0.717, 1.165) is 34.1 Å². The summed E-state index contributed by atoms with van der Waals surface area (Å²) in [4.78, 5) is 22.8. The number of fused-ring (bicyclic) bond motifs is 1. The van der Waals surface area contributed by atoms with Gasteiger partial charge in [-0.3, -0.25) is 0 Å². The van der Waals surface area contributed by atoms with E-state index in [1.165, 1.54) is 0 Å². The monoisotopic (exact) mass is 433 g/mol. The van der Waals surface area contributed by atoms with E-state index >= 15 is 0 Å². The molecule has 2 aromatic heterocycles. The zero-order valence-corrected chi connectivity index (χ0v) is 18.7. The van der Waals surface area contributed by atoms with Crippen molar-refractivity contribution in [2.45, 2.75) is 32.9 Å². The van der Waals surface area contributed by atoms with E-state index in [-0.39, 0.29) is 5.92 Å². The quantitative estimate of drug-likeness (QED) is 0.455. The van der Waals surface area contributed by atoms with Crippen molar-refractivity contribution in [1.82, 2.24) is 19.6 Å². The molecule has 1 N–H and O–H groups in total. The number of hydrogen-bond donors (Lipinski definition) is 1. The van der Waals surface area contributed by atoms with Crippen molar-refractivity contribution < 1.29 is 9.47 Å². The summed E-state index contributed by atoms with van der Waals surface area (Å²) in [6.45, 7) is 5.38. The average Bonchev–Trinajstić information content (AvgIpc) is 3.19. The molecule has 2 heterocycles. The van der Waals surface area contributed by atoms with Crippen LogP contribution >= 0.6 is 0 Å². The highest BCUT2D eigenvalue weighted by Crippen LogP contribution is 2.25. The van der Waals surface area contributed by atoms with Crippen molar-refractivity contribution in [3.8, 4) is 11.5 Å². The van der Waals surface area contributed by atoms with Gasteiger partial charge >= 0.3 is 5.69 Å². The van der Waals surface area contributed by atoms with E-state index in [9.17, 15) is 4.79 Å². The maximum Gasteiger partial charge on any atom is 0.363 e. The van der Waals surface area contributed by atoms with Crippen LogP contribution in [0.1, 0.15) is 36.6 Å². The average molecular weight is 434 g/mol. The minimum atomic E-state index is -0.423. The largest absolute Gasteiger partial charge is 0.497 e. The summed E-state index contributed by atoms with van der Waals surface area (Å²) in [5.41, 5.74) is 2.67. The molecule has 0 bridgehead atoms. The van der Waals surface area contributed by atoms with Crippen LogP contribution in [0.4, 0.5) is 5.82 Å². The van der Waals surface area contributed by atoms with Gasteiger partial charge in [0.05, 0.1) is 19.9 Å². The van der Waals surface area contributed by atoms with E-state index in [4.69, 9.17) is 9.47 Å². The Hall–Kier alpha value is -3.81. The van der Waals surface area contributed by atoms with Crippen LogP contribution in [0.25, 0.3) is 5.78 Å². The summed E-state index contributed by atoms with van der Waals surface area (Å²) in [5.74, 6) is 2.99. The summed E-state index contributed by atoms with van der Waals surface area (Å²) < 4.78 is 12.2. The van der Waals surface area contributed by atoms with Crippen LogP contribution in [0, 0.1) is 0 Å². The third-order valence-corrected chi connectivity index (χ3v) is 5.32. The van der Waals surface area contributed by atoms with Crippen LogP contribution < -0.4 is 20.1 Å². The molecule has 166 valence electrons. The Labute approximate surface area is 186 Å². The second-order valence-electron chi connectivity index (χ2n) is 7.91. The lowest BCUT2D eigenvalue weighted by Crippen LogP contribution is -2.25. The van der Waals surface area contributed by atoms with Gasteiger partial charge in [-0.25, -0.2) is 19.4 Å². The van der Waals surface area contributed by atoms with Gasteiger partial charge in [0.2, 0.25) is 0 Å². The van der Waals surface area contributed by atoms with Crippen molar-refractivity contribution in [3.05, 3.63) is 81.9 Å². The van der Waals surface area contributed by atoms with Gasteiger partial charge in [0.15, 0.2) is 0 Å². The number of rotatable bonds is 8. The molecule has 0 aliphatic heterocycles. The van der Waals surface area contributed by atoms with Crippen molar-refractivity contribution in [3.63, 3.8) is 0 Å². The molecular formula is C24H27N5O3. The number of benzene rings is 2. The van der Waals surface area contributed by atoms with Crippen LogP contribution in [-0.2, 0) is 13.1 Å². The maximum absolute atomic E-state index is 12.0. The molecule has 0 fully saturated rings. The molecule has 0 unspecified atom stereocenters. The van der Waals surface area contributed by atoms with Crippen LogP contribution in [0.5, 0.6) is 11.5 Å². The molecule has 0 atom stereocenters. The molecule has 4 aromatic rings. The predicted molar refractivity (Wildman–Crippen MR) is 124 cm³/mol. The highest BCUT2D eigenvalue weighted by atomic mass is 16.5. The normalized spacial score (nSPS) is 11.2. The second-order valence-corrected chi connectivity index (χ2v) is 7.91. The number of aromatic amines is 1. The van der Waals surface area contributed by atoms with Gasteiger partial charge in [-0.15, -0.1) is 0 Å². The Kier molecular flexibility index (Phi) is 6.11. The Morgan fingerprint density at radius 3 is 1.91 bits per heavy atom. The Morgan fingerprint density at radius 1 is 0.906 bits per heavy atom. The fourth-order valence-electron chi connectivity index (χ4n) is 3.54. The van der Waals surface area contributed by atoms with E-state index in [1.54, 1.807) is 18.7 Å². The summed E-state index contributed by atoms with van der Waals surface area (Å²) in [5, 5.41) is 2.79. The van der Waals surface area contributed by atoms with Crippen molar-refractivity contribution in [2.24, 2.45) is 0 Å².